The number of ether oxygens (including phenoxy) is 2. The number of aromatic hydroxyl groups is 1. The summed E-state index contributed by atoms with van der Waals surface area (Å²) in [5.74, 6) is -0.173. The highest BCUT2D eigenvalue weighted by Crippen LogP contribution is 2.26. The maximum absolute atomic E-state index is 11.7. The molecule has 0 aliphatic rings. The first-order chi connectivity index (χ1) is 11.1. The molecule has 0 radical (unpaired) electrons. The van der Waals surface area contributed by atoms with Crippen LogP contribution < -0.4 is 4.74 Å². The number of carbonyl (C=O) groups excluding carboxylic acids is 1. The van der Waals surface area contributed by atoms with Crippen LogP contribution in [0.15, 0.2) is 48.5 Å². The lowest BCUT2D eigenvalue weighted by atomic mass is 10.1. The van der Waals surface area contributed by atoms with Crippen LogP contribution in [0.4, 0.5) is 0 Å². The molecule has 0 aromatic heterocycles. The van der Waals surface area contributed by atoms with E-state index in [0.29, 0.717) is 22.4 Å². The first kappa shape index (κ1) is 16.1. The van der Waals surface area contributed by atoms with Crippen LogP contribution in [0.25, 0.3) is 6.08 Å². The van der Waals surface area contributed by atoms with Gasteiger partial charge in [-0.05, 0) is 29.8 Å². The van der Waals surface area contributed by atoms with Crippen molar-refractivity contribution < 1.29 is 19.4 Å². The van der Waals surface area contributed by atoms with E-state index < -0.39 is 5.97 Å². The Kier molecular flexibility index (Phi) is 5.37. The number of nitrogens with zero attached hydrogens (tertiary/aromatic N) is 1. The van der Waals surface area contributed by atoms with E-state index in [-0.39, 0.29) is 12.4 Å². The van der Waals surface area contributed by atoms with Crippen LogP contribution in [0.3, 0.4) is 0 Å². The van der Waals surface area contributed by atoms with E-state index in [1.54, 1.807) is 42.5 Å². The largest absolute Gasteiger partial charge is 0.504 e. The second kappa shape index (κ2) is 7.66. The highest BCUT2D eigenvalue weighted by molar-refractivity contribution is 5.87. The second-order valence-corrected chi connectivity index (χ2v) is 4.64. The van der Waals surface area contributed by atoms with E-state index in [1.165, 1.54) is 19.3 Å². The van der Waals surface area contributed by atoms with E-state index in [2.05, 4.69) is 0 Å². The lowest BCUT2D eigenvalue weighted by Gasteiger charge is -2.05. The highest BCUT2D eigenvalue weighted by atomic mass is 16.5. The molecule has 2 rings (SSSR count). The molecular weight excluding hydrogens is 294 g/mol. The molecule has 0 spiro atoms. The number of hydrogen-bond donors (Lipinski definition) is 1. The number of rotatable bonds is 5. The summed E-state index contributed by atoms with van der Waals surface area (Å²) < 4.78 is 10.1. The molecule has 5 nitrogen and oxygen atoms in total. The zero-order valence-corrected chi connectivity index (χ0v) is 12.5. The van der Waals surface area contributed by atoms with Gasteiger partial charge in [-0.1, -0.05) is 24.3 Å². The van der Waals surface area contributed by atoms with Gasteiger partial charge in [0.05, 0.1) is 18.7 Å². The first-order valence-corrected chi connectivity index (χ1v) is 6.84. The van der Waals surface area contributed by atoms with Crippen molar-refractivity contribution >= 4 is 12.0 Å². The zero-order chi connectivity index (χ0) is 16.7. The van der Waals surface area contributed by atoms with Crippen LogP contribution in [0, 0.1) is 11.3 Å². The van der Waals surface area contributed by atoms with Crippen molar-refractivity contribution in [3.05, 3.63) is 65.2 Å². The van der Waals surface area contributed by atoms with Crippen molar-refractivity contribution in [1.82, 2.24) is 0 Å². The Balaban J connectivity index is 1.98. The van der Waals surface area contributed by atoms with Gasteiger partial charge < -0.3 is 14.6 Å². The highest BCUT2D eigenvalue weighted by Gasteiger charge is 2.04. The molecule has 2 aromatic carbocycles. The summed E-state index contributed by atoms with van der Waals surface area (Å²) in [5, 5.41) is 18.5. The monoisotopic (exact) mass is 309 g/mol. The normalized spacial score (nSPS) is 10.3. The Bertz CT molecular complexity index is 775. The standard InChI is InChI=1S/C18H15NO4/c1-22-17-10-13(6-8-16(17)20)7-9-18(21)23-12-15-5-3-2-4-14(15)11-19/h2-10,20H,12H2,1H3. The minimum atomic E-state index is -0.523. The summed E-state index contributed by atoms with van der Waals surface area (Å²) in [4.78, 5) is 11.7. The molecule has 0 amide bonds. The Morgan fingerprint density at radius 1 is 1.30 bits per heavy atom. The van der Waals surface area contributed by atoms with Crippen LogP contribution in [0.5, 0.6) is 11.5 Å². The van der Waals surface area contributed by atoms with E-state index in [4.69, 9.17) is 14.7 Å². The maximum atomic E-state index is 11.7. The topological polar surface area (TPSA) is 79.5 Å². The number of esters is 1. The van der Waals surface area contributed by atoms with Gasteiger partial charge in [0.1, 0.15) is 6.61 Å². The minimum Gasteiger partial charge on any atom is -0.504 e. The quantitative estimate of drug-likeness (QED) is 0.678. The Morgan fingerprint density at radius 3 is 2.83 bits per heavy atom. The van der Waals surface area contributed by atoms with Gasteiger partial charge in [-0.15, -0.1) is 0 Å². The maximum Gasteiger partial charge on any atom is 0.331 e. The molecule has 0 aliphatic heterocycles. The fourth-order valence-electron chi connectivity index (χ4n) is 1.91. The summed E-state index contributed by atoms with van der Waals surface area (Å²) in [5.41, 5.74) is 1.82. The molecule has 1 N–H and O–H groups in total. The molecular formula is C18H15NO4. The van der Waals surface area contributed by atoms with Crippen molar-refractivity contribution in [3.8, 4) is 17.6 Å². The van der Waals surface area contributed by atoms with Crippen molar-refractivity contribution in [2.75, 3.05) is 7.11 Å². The number of carbonyl (C=O) groups is 1. The summed E-state index contributed by atoms with van der Waals surface area (Å²) >= 11 is 0. The van der Waals surface area contributed by atoms with Gasteiger partial charge in [-0.3, -0.25) is 0 Å². The fraction of sp³-hybridized carbons (Fsp3) is 0.111. The van der Waals surface area contributed by atoms with E-state index in [0.717, 1.165) is 0 Å². The number of phenols is 1. The van der Waals surface area contributed by atoms with E-state index >= 15 is 0 Å². The van der Waals surface area contributed by atoms with Gasteiger partial charge in [0.15, 0.2) is 11.5 Å². The molecule has 0 unspecified atom stereocenters. The number of benzene rings is 2. The first-order valence-electron chi connectivity index (χ1n) is 6.84. The number of methoxy groups -OCH3 is 1. The molecule has 0 atom stereocenters. The van der Waals surface area contributed by atoms with Crippen LogP contribution in [-0.4, -0.2) is 18.2 Å². The Morgan fingerprint density at radius 2 is 2.09 bits per heavy atom. The smallest absolute Gasteiger partial charge is 0.331 e. The summed E-state index contributed by atoms with van der Waals surface area (Å²) in [6.45, 7) is 0.0335. The minimum absolute atomic E-state index is 0.0281. The average molecular weight is 309 g/mol. The van der Waals surface area contributed by atoms with Crippen LogP contribution in [-0.2, 0) is 16.1 Å². The fourth-order valence-corrected chi connectivity index (χ4v) is 1.91. The van der Waals surface area contributed by atoms with Crippen molar-refractivity contribution in [2.24, 2.45) is 0 Å². The predicted molar refractivity (Wildman–Crippen MR) is 84.6 cm³/mol. The lowest BCUT2D eigenvalue weighted by Crippen LogP contribution is -2.02. The molecule has 0 fully saturated rings. The molecule has 0 heterocycles. The van der Waals surface area contributed by atoms with Gasteiger partial charge in [0, 0.05) is 11.6 Å². The summed E-state index contributed by atoms with van der Waals surface area (Å²) in [6, 6.07) is 13.7. The van der Waals surface area contributed by atoms with Gasteiger partial charge in [-0.2, -0.15) is 5.26 Å². The molecule has 0 bridgehead atoms. The zero-order valence-electron chi connectivity index (χ0n) is 12.5. The molecule has 0 aliphatic carbocycles. The predicted octanol–water partition coefficient (Wildman–Crippen LogP) is 3.03. The average Bonchev–Trinajstić information content (AvgIpc) is 2.59. The summed E-state index contributed by atoms with van der Waals surface area (Å²) in [6.07, 6.45) is 2.83. The Hall–Kier alpha value is -3.26. The lowest BCUT2D eigenvalue weighted by molar-refractivity contribution is -0.138. The summed E-state index contributed by atoms with van der Waals surface area (Å²) in [7, 11) is 1.45. The van der Waals surface area contributed by atoms with Gasteiger partial charge in [-0.25, -0.2) is 4.79 Å². The van der Waals surface area contributed by atoms with Gasteiger partial charge >= 0.3 is 5.97 Å². The van der Waals surface area contributed by atoms with E-state index in [1.807, 2.05) is 6.07 Å². The molecule has 23 heavy (non-hydrogen) atoms. The molecule has 2 aromatic rings. The number of nitriles is 1. The number of phenolic OH excluding ortho intramolecular Hbond substituents is 1. The number of hydrogen-bond acceptors (Lipinski definition) is 5. The van der Waals surface area contributed by atoms with E-state index in [9.17, 15) is 9.90 Å². The molecule has 116 valence electrons. The van der Waals surface area contributed by atoms with Crippen LogP contribution >= 0.6 is 0 Å². The third-order valence-electron chi connectivity index (χ3n) is 3.12. The van der Waals surface area contributed by atoms with Gasteiger partial charge in [0.25, 0.3) is 0 Å². The molecule has 0 saturated heterocycles. The van der Waals surface area contributed by atoms with Crippen LogP contribution in [0.2, 0.25) is 0 Å². The molecule has 5 heteroatoms. The second-order valence-electron chi connectivity index (χ2n) is 4.64. The van der Waals surface area contributed by atoms with Crippen molar-refractivity contribution in [3.63, 3.8) is 0 Å². The SMILES string of the molecule is COc1cc(C=CC(=O)OCc2ccccc2C#N)ccc1O. The molecule has 0 saturated carbocycles. The van der Waals surface area contributed by atoms with Crippen molar-refractivity contribution in [2.45, 2.75) is 6.61 Å². The van der Waals surface area contributed by atoms with Crippen molar-refractivity contribution in [1.29, 1.82) is 5.26 Å². The third-order valence-corrected chi connectivity index (χ3v) is 3.12. The Labute approximate surface area is 134 Å². The third kappa shape index (κ3) is 4.35. The van der Waals surface area contributed by atoms with Gasteiger partial charge in [0.2, 0.25) is 0 Å². The van der Waals surface area contributed by atoms with Crippen LogP contribution in [0.1, 0.15) is 16.7 Å².